The van der Waals surface area contributed by atoms with Crippen LogP contribution in [-0.4, -0.2) is 63.9 Å². The lowest BCUT2D eigenvalue weighted by atomic mass is 9.99. The van der Waals surface area contributed by atoms with E-state index in [1.54, 1.807) is 37.1 Å². The summed E-state index contributed by atoms with van der Waals surface area (Å²) in [5, 5.41) is 0.0624. The van der Waals surface area contributed by atoms with E-state index in [1.807, 2.05) is 0 Å². The summed E-state index contributed by atoms with van der Waals surface area (Å²) in [6.45, 7) is 13.5. The Labute approximate surface area is 230 Å². The summed E-state index contributed by atoms with van der Waals surface area (Å²) in [4.78, 5) is 36.5. The van der Waals surface area contributed by atoms with E-state index >= 15 is 0 Å². The summed E-state index contributed by atoms with van der Waals surface area (Å²) in [6, 6.07) is 6.65. The standard InChI is InChI=1S/C27H28F3N5O3S/c1-26(2)24(37)35(20-5-6-22(31-3)21(14-20)27(28,29)30)25(39)34(26)16-19-4-7-23(32-15-19)38-13-12-33-10-8-18(17-36)9-11-33/h4-7,14-15,17-18H,8-13,16H2,1-2H3. The molecule has 1 aromatic carbocycles. The van der Waals surface area contributed by atoms with Gasteiger partial charge in [0.15, 0.2) is 10.8 Å². The maximum Gasteiger partial charge on any atom is 0.407 e. The molecule has 39 heavy (non-hydrogen) atoms. The van der Waals surface area contributed by atoms with Crippen LogP contribution in [0.25, 0.3) is 4.85 Å². The molecule has 2 fully saturated rings. The minimum absolute atomic E-state index is 0.0439. The van der Waals surface area contributed by atoms with Gasteiger partial charge in [0, 0.05) is 37.0 Å². The number of alkyl halides is 3. The van der Waals surface area contributed by atoms with Gasteiger partial charge >= 0.3 is 6.18 Å². The second-order valence-corrected chi connectivity index (χ2v) is 10.4. The number of nitrogens with zero attached hydrogens (tertiary/aromatic N) is 5. The Hall–Kier alpha value is -3.56. The van der Waals surface area contributed by atoms with Crippen LogP contribution in [0.4, 0.5) is 24.5 Å². The number of carbonyl (C=O) groups is 2. The fraction of sp³-hybridized carbons (Fsp3) is 0.444. The van der Waals surface area contributed by atoms with Gasteiger partial charge in [-0.1, -0.05) is 12.1 Å². The van der Waals surface area contributed by atoms with Crippen molar-refractivity contribution in [1.29, 1.82) is 0 Å². The number of piperidine rings is 1. The van der Waals surface area contributed by atoms with Crippen molar-refractivity contribution in [3.63, 3.8) is 0 Å². The molecule has 206 valence electrons. The number of halogens is 3. The fourth-order valence-corrected chi connectivity index (χ4v) is 5.16. The Bertz CT molecular complexity index is 1290. The summed E-state index contributed by atoms with van der Waals surface area (Å²) in [7, 11) is 0. The Kier molecular flexibility index (Phi) is 8.23. The van der Waals surface area contributed by atoms with Crippen LogP contribution in [0.3, 0.4) is 0 Å². The minimum atomic E-state index is -4.75. The van der Waals surface area contributed by atoms with Crippen LogP contribution < -0.4 is 9.64 Å². The van der Waals surface area contributed by atoms with Crippen LogP contribution in [0.1, 0.15) is 37.8 Å². The molecule has 2 aliphatic rings. The molecule has 12 heteroatoms. The molecule has 0 aliphatic carbocycles. The number of aromatic nitrogens is 1. The summed E-state index contributed by atoms with van der Waals surface area (Å²) in [5.41, 5.74) is -2.09. The molecule has 2 aliphatic heterocycles. The fourth-order valence-electron chi connectivity index (χ4n) is 4.68. The van der Waals surface area contributed by atoms with Crippen molar-refractivity contribution in [2.45, 2.75) is 44.9 Å². The number of rotatable bonds is 8. The maximum atomic E-state index is 13.5. The van der Waals surface area contributed by atoms with Gasteiger partial charge in [-0.05, 0) is 69.7 Å². The molecule has 0 spiro atoms. The van der Waals surface area contributed by atoms with E-state index in [-0.39, 0.29) is 23.3 Å². The van der Waals surface area contributed by atoms with E-state index in [0.717, 1.165) is 61.4 Å². The second-order valence-electron chi connectivity index (χ2n) is 10.0. The van der Waals surface area contributed by atoms with Gasteiger partial charge in [0.25, 0.3) is 5.91 Å². The summed E-state index contributed by atoms with van der Waals surface area (Å²) in [6.07, 6.45) is -0.386. The molecule has 2 aromatic rings. The number of hydrogen-bond donors (Lipinski definition) is 0. The van der Waals surface area contributed by atoms with Crippen molar-refractivity contribution >= 4 is 40.9 Å². The lowest BCUT2D eigenvalue weighted by Crippen LogP contribution is -2.43. The van der Waals surface area contributed by atoms with Gasteiger partial charge in [0.1, 0.15) is 18.4 Å². The highest BCUT2D eigenvalue weighted by atomic mass is 32.1. The Morgan fingerprint density at radius 1 is 1.23 bits per heavy atom. The highest BCUT2D eigenvalue weighted by Gasteiger charge is 2.49. The molecule has 0 N–H and O–H groups in total. The number of likely N-dealkylation sites (tertiary alicyclic amines) is 1. The van der Waals surface area contributed by atoms with E-state index in [4.69, 9.17) is 23.5 Å². The van der Waals surface area contributed by atoms with Crippen LogP contribution in [0.5, 0.6) is 5.88 Å². The van der Waals surface area contributed by atoms with Gasteiger partial charge in [-0.15, -0.1) is 0 Å². The van der Waals surface area contributed by atoms with Crippen LogP contribution in [0, 0.1) is 12.5 Å². The van der Waals surface area contributed by atoms with Crippen molar-refractivity contribution < 1.29 is 27.5 Å². The first-order chi connectivity index (χ1) is 18.5. The molecule has 2 saturated heterocycles. The molecule has 8 nitrogen and oxygen atoms in total. The molecule has 0 bridgehead atoms. The summed E-state index contributed by atoms with van der Waals surface area (Å²) >= 11 is 5.55. The molecule has 3 heterocycles. The molecular formula is C27H28F3N5O3S. The van der Waals surface area contributed by atoms with E-state index in [0.29, 0.717) is 12.5 Å². The van der Waals surface area contributed by atoms with Crippen molar-refractivity contribution in [2.24, 2.45) is 5.92 Å². The lowest BCUT2D eigenvalue weighted by molar-refractivity contribution is -0.137. The third kappa shape index (κ3) is 6.04. The highest BCUT2D eigenvalue weighted by Crippen LogP contribution is 2.41. The Balaban J connectivity index is 1.41. The molecule has 1 amide bonds. The lowest BCUT2D eigenvalue weighted by Gasteiger charge is -2.29. The van der Waals surface area contributed by atoms with Crippen LogP contribution >= 0.6 is 12.2 Å². The third-order valence-electron chi connectivity index (χ3n) is 7.11. The number of amides is 1. The molecule has 0 unspecified atom stereocenters. The predicted molar refractivity (Wildman–Crippen MR) is 142 cm³/mol. The number of thiocarbonyl (C=S) groups is 1. The first kappa shape index (κ1) is 28.4. The maximum absolute atomic E-state index is 13.5. The number of benzene rings is 1. The number of aldehydes is 1. The zero-order chi connectivity index (χ0) is 28.4. The first-order valence-electron chi connectivity index (χ1n) is 12.5. The quantitative estimate of drug-likeness (QED) is 0.260. The number of ether oxygens (including phenoxy) is 1. The van der Waals surface area contributed by atoms with Crippen LogP contribution in [0.15, 0.2) is 36.5 Å². The normalized spacial score (nSPS) is 18.4. The second kappa shape index (κ2) is 11.3. The van der Waals surface area contributed by atoms with Crippen LogP contribution in [0.2, 0.25) is 0 Å². The summed E-state index contributed by atoms with van der Waals surface area (Å²) < 4.78 is 46.3. The predicted octanol–water partition coefficient (Wildman–Crippen LogP) is 4.85. The summed E-state index contributed by atoms with van der Waals surface area (Å²) in [5.74, 6) is 0.123. The highest BCUT2D eigenvalue weighted by molar-refractivity contribution is 7.80. The monoisotopic (exact) mass is 559 g/mol. The average Bonchev–Trinajstić information content (AvgIpc) is 3.08. The Morgan fingerprint density at radius 2 is 1.95 bits per heavy atom. The molecule has 0 radical (unpaired) electrons. The molecular weight excluding hydrogens is 531 g/mol. The molecule has 0 saturated carbocycles. The number of carbonyl (C=O) groups excluding carboxylic acids is 2. The topological polar surface area (TPSA) is 70.3 Å². The molecule has 0 atom stereocenters. The van der Waals surface area contributed by atoms with E-state index in [9.17, 15) is 22.8 Å². The van der Waals surface area contributed by atoms with E-state index in [2.05, 4.69) is 14.7 Å². The molecule has 1 aromatic heterocycles. The van der Waals surface area contributed by atoms with Gasteiger partial charge in [-0.3, -0.25) is 14.6 Å². The number of pyridine rings is 1. The van der Waals surface area contributed by atoms with Crippen molar-refractivity contribution in [3.8, 4) is 5.88 Å². The zero-order valence-corrected chi connectivity index (χ0v) is 22.4. The van der Waals surface area contributed by atoms with Gasteiger partial charge in [-0.2, -0.15) is 13.2 Å². The van der Waals surface area contributed by atoms with Gasteiger partial charge in [0.05, 0.1) is 12.1 Å². The largest absolute Gasteiger partial charge is 0.476 e. The SMILES string of the molecule is [C-]#[N+]c1ccc(N2C(=O)C(C)(C)N(Cc3ccc(OCCN4CCC(C=O)CC4)nc3)C2=S)cc1C(F)(F)F. The first-order valence-corrected chi connectivity index (χ1v) is 12.9. The van der Waals surface area contributed by atoms with Crippen molar-refractivity contribution in [1.82, 2.24) is 14.8 Å². The molecule has 4 rings (SSSR count). The van der Waals surface area contributed by atoms with Gasteiger partial charge < -0.3 is 14.4 Å². The Morgan fingerprint density at radius 3 is 2.54 bits per heavy atom. The van der Waals surface area contributed by atoms with Gasteiger partial charge in [0.2, 0.25) is 5.88 Å². The van der Waals surface area contributed by atoms with Crippen molar-refractivity contribution in [2.75, 3.05) is 31.1 Å². The van der Waals surface area contributed by atoms with Gasteiger partial charge in [-0.25, -0.2) is 9.83 Å². The number of hydrogen-bond acceptors (Lipinski definition) is 6. The zero-order valence-electron chi connectivity index (χ0n) is 21.6. The van der Waals surface area contributed by atoms with Crippen molar-refractivity contribution in [3.05, 3.63) is 59.1 Å². The van der Waals surface area contributed by atoms with E-state index < -0.39 is 28.9 Å². The average molecular weight is 560 g/mol. The van der Waals surface area contributed by atoms with E-state index in [1.165, 1.54) is 6.07 Å². The number of anilines is 1. The van der Waals surface area contributed by atoms with Crippen LogP contribution in [-0.2, 0) is 22.3 Å². The third-order valence-corrected chi connectivity index (χ3v) is 7.51. The minimum Gasteiger partial charge on any atom is -0.476 e. The smallest absolute Gasteiger partial charge is 0.407 e.